The highest BCUT2D eigenvalue weighted by atomic mass is 19.4. The predicted molar refractivity (Wildman–Crippen MR) is 74.4 cm³/mol. The normalized spacial score (nSPS) is 11.9. The Morgan fingerprint density at radius 1 is 1.04 bits per heavy atom. The minimum absolute atomic E-state index is 0.0669. The van der Waals surface area contributed by atoms with Crippen molar-refractivity contribution < 1.29 is 31.4 Å². The summed E-state index contributed by atoms with van der Waals surface area (Å²) in [6.07, 6.45) is -2.13. The lowest BCUT2D eigenvalue weighted by Crippen LogP contribution is -2.20. The maximum atomic E-state index is 12.4. The van der Waals surface area contributed by atoms with Gasteiger partial charge in [-0.2, -0.15) is 22.0 Å². The third-order valence-corrected chi connectivity index (χ3v) is 3.00. The molecular formula is C14H9F5N4O2. The van der Waals surface area contributed by atoms with E-state index in [1.165, 1.54) is 34.9 Å². The standard InChI is InChI=1S/C14H9F5N4O2/c15-13(16)25-9-3-1-8(2-4-9)12-22-21-10-5-20-6-11(23(10)12)24-7-14(17,18)19/h1-6,13H,7H2. The molecule has 0 amide bonds. The highest BCUT2D eigenvalue weighted by Gasteiger charge is 2.29. The molecule has 0 aliphatic heterocycles. The molecule has 2 heterocycles. The summed E-state index contributed by atoms with van der Waals surface area (Å²) in [5, 5.41) is 7.69. The molecule has 0 fully saturated rings. The molecule has 3 rings (SSSR count). The van der Waals surface area contributed by atoms with E-state index in [4.69, 9.17) is 4.74 Å². The van der Waals surface area contributed by atoms with Gasteiger partial charge in [0.1, 0.15) is 5.75 Å². The summed E-state index contributed by atoms with van der Waals surface area (Å²) in [6.45, 7) is -4.47. The van der Waals surface area contributed by atoms with Gasteiger partial charge in [0.05, 0.1) is 12.4 Å². The van der Waals surface area contributed by atoms with Crippen molar-refractivity contribution in [2.45, 2.75) is 12.8 Å². The first kappa shape index (κ1) is 16.9. The van der Waals surface area contributed by atoms with Gasteiger partial charge in [-0.1, -0.05) is 0 Å². The van der Waals surface area contributed by atoms with Crippen LogP contribution in [0.4, 0.5) is 22.0 Å². The van der Waals surface area contributed by atoms with Gasteiger partial charge >= 0.3 is 12.8 Å². The second-order valence-electron chi connectivity index (χ2n) is 4.77. The molecule has 0 unspecified atom stereocenters. The smallest absolute Gasteiger partial charge is 0.422 e. The maximum absolute atomic E-state index is 12.4. The zero-order chi connectivity index (χ0) is 18.0. The third kappa shape index (κ3) is 3.92. The van der Waals surface area contributed by atoms with E-state index >= 15 is 0 Å². The first-order valence-corrected chi connectivity index (χ1v) is 6.77. The highest BCUT2D eigenvalue weighted by molar-refractivity contribution is 5.61. The van der Waals surface area contributed by atoms with E-state index in [2.05, 4.69) is 19.9 Å². The average molecular weight is 360 g/mol. The van der Waals surface area contributed by atoms with Gasteiger partial charge in [0.25, 0.3) is 0 Å². The highest BCUT2D eigenvalue weighted by Crippen LogP contribution is 2.26. The molecule has 11 heteroatoms. The quantitative estimate of drug-likeness (QED) is 0.653. The SMILES string of the molecule is FC(F)Oc1ccc(-c2nnc3cncc(OCC(F)(F)F)n23)cc1. The Balaban J connectivity index is 1.96. The molecule has 2 aromatic heterocycles. The molecule has 0 spiro atoms. The van der Waals surface area contributed by atoms with Gasteiger partial charge in [-0.3, -0.25) is 4.98 Å². The molecule has 0 N–H and O–H groups in total. The number of hydrogen-bond donors (Lipinski definition) is 0. The van der Waals surface area contributed by atoms with Crippen LogP contribution in [0.2, 0.25) is 0 Å². The molecule has 0 atom stereocenters. The Morgan fingerprint density at radius 2 is 1.76 bits per heavy atom. The first-order valence-electron chi connectivity index (χ1n) is 6.77. The monoisotopic (exact) mass is 360 g/mol. The zero-order valence-corrected chi connectivity index (χ0v) is 12.2. The van der Waals surface area contributed by atoms with Crippen LogP contribution in [-0.4, -0.2) is 39.0 Å². The number of aromatic nitrogens is 4. The summed E-state index contributed by atoms with van der Waals surface area (Å²) in [6, 6.07) is 5.39. The lowest BCUT2D eigenvalue weighted by atomic mass is 10.2. The fraction of sp³-hybridized carbons (Fsp3) is 0.214. The molecule has 0 aliphatic carbocycles. The summed E-state index contributed by atoms with van der Waals surface area (Å²) in [5.41, 5.74) is 0.583. The van der Waals surface area contributed by atoms with Crippen LogP contribution in [-0.2, 0) is 0 Å². The Labute approximate surface area is 136 Å². The molecule has 0 saturated heterocycles. The van der Waals surface area contributed by atoms with Gasteiger partial charge in [-0.25, -0.2) is 4.40 Å². The third-order valence-electron chi connectivity index (χ3n) is 3.00. The molecule has 1 aromatic carbocycles. The lowest BCUT2D eigenvalue weighted by molar-refractivity contribution is -0.154. The topological polar surface area (TPSA) is 61.5 Å². The predicted octanol–water partition coefficient (Wildman–Crippen LogP) is 3.33. The second kappa shape index (κ2) is 6.49. The largest absolute Gasteiger partial charge is 0.468 e. The molecule has 0 radical (unpaired) electrons. The van der Waals surface area contributed by atoms with Gasteiger partial charge in [-0.05, 0) is 24.3 Å². The number of fused-ring (bicyclic) bond motifs is 1. The molecule has 0 bridgehead atoms. The van der Waals surface area contributed by atoms with E-state index in [1.54, 1.807) is 0 Å². The van der Waals surface area contributed by atoms with Crippen LogP contribution in [0.5, 0.6) is 11.6 Å². The number of alkyl halides is 5. The summed E-state index contributed by atoms with van der Waals surface area (Å²) < 4.78 is 71.7. The number of nitrogens with zero attached hydrogens (tertiary/aromatic N) is 4. The van der Waals surface area contributed by atoms with E-state index in [0.29, 0.717) is 5.56 Å². The van der Waals surface area contributed by atoms with Crippen molar-refractivity contribution in [3.05, 3.63) is 36.7 Å². The molecule has 3 aromatic rings. The van der Waals surface area contributed by atoms with Crippen LogP contribution in [0.15, 0.2) is 36.7 Å². The van der Waals surface area contributed by atoms with Gasteiger partial charge in [0.2, 0.25) is 5.88 Å². The fourth-order valence-corrected chi connectivity index (χ4v) is 2.05. The van der Waals surface area contributed by atoms with Crippen molar-refractivity contribution in [2.24, 2.45) is 0 Å². The van der Waals surface area contributed by atoms with Crippen molar-refractivity contribution in [1.82, 2.24) is 19.6 Å². The van der Waals surface area contributed by atoms with E-state index in [1.807, 2.05) is 0 Å². The van der Waals surface area contributed by atoms with Crippen molar-refractivity contribution in [3.63, 3.8) is 0 Å². The van der Waals surface area contributed by atoms with Gasteiger partial charge < -0.3 is 9.47 Å². The number of benzene rings is 1. The van der Waals surface area contributed by atoms with Gasteiger partial charge in [-0.15, -0.1) is 10.2 Å². The van der Waals surface area contributed by atoms with Crippen molar-refractivity contribution in [2.75, 3.05) is 6.61 Å². The van der Waals surface area contributed by atoms with Crippen LogP contribution < -0.4 is 9.47 Å². The van der Waals surface area contributed by atoms with Crippen molar-refractivity contribution >= 4 is 5.65 Å². The number of hydrogen-bond acceptors (Lipinski definition) is 5. The maximum Gasteiger partial charge on any atom is 0.422 e. The summed E-state index contributed by atoms with van der Waals surface area (Å²) in [4.78, 5) is 3.75. The fourth-order valence-electron chi connectivity index (χ4n) is 2.05. The zero-order valence-electron chi connectivity index (χ0n) is 12.2. The Kier molecular flexibility index (Phi) is 4.38. The Bertz CT molecular complexity index is 864. The van der Waals surface area contributed by atoms with E-state index in [-0.39, 0.29) is 23.1 Å². The van der Waals surface area contributed by atoms with Crippen LogP contribution in [0.1, 0.15) is 0 Å². The number of ether oxygens (including phenoxy) is 2. The van der Waals surface area contributed by atoms with Crippen molar-refractivity contribution in [3.8, 4) is 23.0 Å². The molecule has 6 nitrogen and oxygen atoms in total. The van der Waals surface area contributed by atoms with Crippen LogP contribution in [0.25, 0.3) is 17.0 Å². The van der Waals surface area contributed by atoms with Gasteiger partial charge in [0.15, 0.2) is 18.1 Å². The summed E-state index contributed by atoms with van der Waals surface area (Å²) in [7, 11) is 0. The molecule has 25 heavy (non-hydrogen) atoms. The Morgan fingerprint density at radius 3 is 2.40 bits per heavy atom. The van der Waals surface area contributed by atoms with E-state index in [9.17, 15) is 22.0 Å². The second-order valence-corrected chi connectivity index (χ2v) is 4.77. The molecule has 0 saturated carbocycles. The summed E-state index contributed by atoms with van der Waals surface area (Å²) >= 11 is 0. The van der Waals surface area contributed by atoms with Crippen LogP contribution in [0.3, 0.4) is 0 Å². The van der Waals surface area contributed by atoms with Crippen LogP contribution >= 0.6 is 0 Å². The molecular weight excluding hydrogens is 351 g/mol. The van der Waals surface area contributed by atoms with Crippen molar-refractivity contribution in [1.29, 1.82) is 0 Å². The van der Waals surface area contributed by atoms with Crippen LogP contribution in [0, 0.1) is 0 Å². The average Bonchev–Trinajstić information content (AvgIpc) is 2.97. The first-order chi connectivity index (χ1) is 11.8. The lowest BCUT2D eigenvalue weighted by Gasteiger charge is -2.11. The van der Waals surface area contributed by atoms with E-state index in [0.717, 1.165) is 6.20 Å². The minimum atomic E-state index is -4.52. The minimum Gasteiger partial charge on any atom is -0.468 e. The molecule has 0 aliphatic rings. The molecule has 132 valence electrons. The number of rotatable bonds is 5. The summed E-state index contributed by atoms with van der Waals surface area (Å²) in [5.74, 6) is -0.108. The number of halogens is 5. The van der Waals surface area contributed by atoms with E-state index < -0.39 is 19.4 Å². The Hall–Kier alpha value is -2.98. The van der Waals surface area contributed by atoms with Gasteiger partial charge in [0, 0.05) is 5.56 Å².